The molecule has 0 aliphatic rings. The number of hydrogen-bond acceptors (Lipinski definition) is 3. The van der Waals surface area contributed by atoms with Crippen molar-refractivity contribution < 1.29 is 5.11 Å². The SMILES string of the molecule is CC(C)CCNCc1nc2ccccn2c1Cc1cc(Br)ccc1O. The molecule has 4 nitrogen and oxygen atoms in total. The van der Waals surface area contributed by atoms with Gasteiger partial charge >= 0.3 is 0 Å². The van der Waals surface area contributed by atoms with Crippen LogP contribution in [0.5, 0.6) is 5.75 Å². The van der Waals surface area contributed by atoms with Crippen molar-refractivity contribution in [1.82, 2.24) is 14.7 Å². The largest absolute Gasteiger partial charge is 0.508 e. The highest BCUT2D eigenvalue weighted by molar-refractivity contribution is 9.10. The topological polar surface area (TPSA) is 49.6 Å². The van der Waals surface area contributed by atoms with E-state index in [-0.39, 0.29) is 0 Å². The van der Waals surface area contributed by atoms with Gasteiger partial charge in [-0.2, -0.15) is 0 Å². The van der Waals surface area contributed by atoms with Gasteiger partial charge in [0.1, 0.15) is 11.4 Å². The average molecular weight is 402 g/mol. The summed E-state index contributed by atoms with van der Waals surface area (Å²) in [6, 6.07) is 11.6. The number of fused-ring (bicyclic) bond motifs is 1. The van der Waals surface area contributed by atoms with Crippen molar-refractivity contribution in [3.05, 3.63) is 64.0 Å². The van der Waals surface area contributed by atoms with Crippen LogP contribution in [0.1, 0.15) is 37.2 Å². The molecule has 0 fully saturated rings. The highest BCUT2D eigenvalue weighted by atomic mass is 79.9. The molecule has 25 heavy (non-hydrogen) atoms. The number of rotatable bonds is 7. The molecule has 0 saturated heterocycles. The Morgan fingerprint density at radius 2 is 2.08 bits per heavy atom. The van der Waals surface area contributed by atoms with Crippen LogP contribution < -0.4 is 5.32 Å². The third-order valence-electron chi connectivity index (χ3n) is 4.30. The second-order valence-corrected chi connectivity index (χ2v) is 7.66. The number of phenols is 1. The fourth-order valence-electron chi connectivity index (χ4n) is 2.90. The molecule has 132 valence electrons. The second-order valence-electron chi connectivity index (χ2n) is 6.74. The van der Waals surface area contributed by atoms with Gasteiger partial charge in [-0.25, -0.2) is 4.98 Å². The van der Waals surface area contributed by atoms with Crippen molar-refractivity contribution in [2.45, 2.75) is 33.2 Å². The summed E-state index contributed by atoms with van der Waals surface area (Å²) in [6.07, 6.45) is 3.82. The first-order valence-electron chi connectivity index (χ1n) is 8.67. The number of pyridine rings is 1. The Hall–Kier alpha value is -1.85. The molecule has 5 heteroatoms. The molecule has 0 aliphatic carbocycles. The zero-order valence-electron chi connectivity index (χ0n) is 14.7. The van der Waals surface area contributed by atoms with Gasteiger partial charge in [-0.3, -0.25) is 0 Å². The Kier molecular flexibility index (Phi) is 5.76. The summed E-state index contributed by atoms with van der Waals surface area (Å²) in [4.78, 5) is 4.78. The molecule has 0 saturated carbocycles. The molecular weight excluding hydrogens is 378 g/mol. The fourth-order valence-corrected chi connectivity index (χ4v) is 3.31. The van der Waals surface area contributed by atoms with E-state index >= 15 is 0 Å². The number of aromatic nitrogens is 2. The monoisotopic (exact) mass is 401 g/mol. The Morgan fingerprint density at radius 1 is 1.24 bits per heavy atom. The molecule has 0 spiro atoms. The predicted octanol–water partition coefficient (Wildman–Crippen LogP) is 4.53. The van der Waals surface area contributed by atoms with Crippen LogP contribution in [0.15, 0.2) is 47.1 Å². The van der Waals surface area contributed by atoms with Gasteiger partial charge in [0.2, 0.25) is 0 Å². The van der Waals surface area contributed by atoms with Gasteiger partial charge in [0, 0.05) is 29.2 Å². The van der Waals surface area contributed by atoms with E-state index in [0.717, 1.165) is 46.6 Å². The molecule has 2 N–H and O–H groups in total. The maximum Gasteiger partial charge on any atom is 0.137 e. The van der Waals surface area contributed by atoms with Crippen molar-refractivity contribution >= 4 is 21.6 Å². The van der Waals surface area contributed by atoms with Gasteiger partial charge in [-0.05, 0) is 49.2 Å². The Balaban J connectivity index is 1.89. The zero-order valence-corrected chi connectivity index (χ0v) is 16.3. The van der Waals surface area contributed by atoms with Crippen LogP contribution >= 0.6 is 15.9 Å². The minimum absolute atomic E-state index is 0.313. The molecule has 2 heterocycles. The summed E-state index contributed by atoms with van der Waals surface area (Å²) < 4.78 is 3.07. The molecule has 0 amide bonds. The van der Waals surface area contributed by atoms with Gasteiger partial charge in [-0.15, -0.1) is 0 Å². The van der Waals surface area contributed by atoms with E-state index in [2.05, 4.69) is 39.5 Å². The van der Waals surface area contributed by atoms with E-state index in [9.17, 15) is 5.11 Å². The predicted molar refractivity (Wildman–Crippen MR) is 105 cm³/mol. The standard InChI is InChI=1S/C20H24BrN3O/c1-14(2)8-9-22-13-17-18(24-10-4-3-5-20(24)23-17)12-15-11-16(21)6-7-19(15)25/h3-7,10-11,14,22,25H,8-9,12-13H2,1-2H3. The highest BCUT2D eigenvalue weighted by Crippen LogP contribution is 2.26. The van der Waals surface area contributed by atoms with Crippen molar-refractivity contribution in [3.63, 3.8) is 0 Å². The summed E-state index contributed by atoms with van der Waals surface area (Å²) >= 11 is 3.49. The maximum atomic E-state index is 10.2. The highest BCUT2D eigenvalue weighted by Gasteiger charge is 2.14. The number of nitrogens with zero attached hydrogens (tertiary/aromatic N) is 2. The number of hydrogen-bond donors (Lipinski definition) is 2. The zero-order chi connectivity index (χ0) is 17.8. The van der Waals surface area contributed by atoms with E-state index in [1.54, 1.807) is 6.07 Å². The van der Waals surface area contributed by atoms with Crippen LogP contribution in [0.3, 0.4) is 0 Å². The lowest BCUT2D eigenvalue weighted by Crippen LogP contribution is -2.17. The Labute approximate surface area is 157 Å². The molecule has 3 rings (SSSR count). The molecule has 3 aromatic rings. The quantitative estimate of drug-likeness (QED) is 0.571. The van der Waals surface area contributed by atoms with Crippen molar-refractivity contribution in [2.24, 2.45) is 5.92 Å². The van der Waals surface area contributed by atoms with E-state index in [0.29, 0.717) is 18.1 Å². The summed E-state index contributed by atoms with van der Waals surface area (Å²) in [5, 5.41) is 13.7. The normalized spacial score (nSPS) is 11.5. The molecule has 0 radical (unpaired) electrons. The number of aromatic hydroxyl groups is 1. The van der Waals surface area contributed by atoms with Crippen LogP contribution in [0.2, 0.25) is 0 Å². The molecule has 0 aliphatic heterocycles. The number of benzene rings is 1. The third kappa shape index (κ3) is 4.41. The van der Waals surface area contributed by atoms with Crippen LogP contribution in [-0.2, 0) is 13.0 Å². The van der Waals surface area contributed by atoms with Crippen molar-refractivity contribution in [3.8, 4) is 5.75 Å². The van der Waals surface area contributed by atoms with Crippen LogP contribution in [0.25, 0.3) is 5.65 Å². The maximum absolute atomic E-state index is 10.2. The fraction of sp³-hybridized carbons (Fsp3) is 0.350. The molecule has 2 aromatic heterocycles. The number of phenolic OH excluding ortho intramolecular Hbond substituents is 1. The molecule has 0 atom stereocenters. The lowest BCUT2D eigenvalue weighted by molar-refractivity contribution is 0.469. The second kappa shape index (κ2) is 8.02. The molecule has 1 aromatic carbocycles. The van der Waals surface area contributed by atoms with Crippen LogP contribution in [-0.4, -0.2) is 21.0 Å². The van der Waals surface area contributed by atoms with Crippen molar-refractivity contribution in [2.75, 3.05) is 6.54 Å². The smallest absolute Gasteiger partial charge is 0.137 e. The van der Waals surface area contributed by atoms with Crippen LogP contribution in [0, 0.1) is 5.92 Å². The first kappa shape index (κ1) is 18.0. The number of halogens is 1. The summed E-state index contributed by atoms with van der Waals surface area (Å²) in [5.74, 6) is 0.999. The van der Waals surface area contributed by atoms with E-state index in [4.69, 9.17) is 4.98 Å². The Morgan fingerprint density at radius 3 is 2.88 bits per heavy atom. The van der Waals surface area contributed by atoms with Gasteiger partial charge < -0.3 is 14.8 Å². The summed E-state index contributed by atoms with van der Waals surface area (Å²) in [7, 11) is 0. The van der Waals surface area contributed by atoms with E-state index in [1.807, 2.05) is 36.5 Å². The summed E-state index contributed by atoms with van der Waals surface area (Å²) in [6.45, 7) is 6.17. The lowest BCUT2D eigenvalue weighted by atomic mass is 10.1. The minimum Gasteiger partial charge on any atom is -0.508 e. The minimum atomic E-state index is 0.313. The van der Waals surface area contributed by atoms with E-state index in [1.165, 1.54) is 0 Å². The first-order valence-corrected chi connectivity index (χ1v) is 9.47. The molecule has 0 bridgehead atoms. The van der Waals surface area contributed by atoms with Crippen molar-refractivity contribution in [1.29, 1.82) is 0 Å². The number of nitrogens with one attached hydrogen (secondary N) is 1. The van der Waals surface area contributed by atoms with Gasteiger partial charge in [-0.1, -0.05) is 35.8 Å². The van der Waals surface area contributed by atoms with Gasteiger partial charge in [0.25, 0.3) is 0 Å². The van der Waals surface area contributed by atoms with Crippen LogP contribution in [0.4, 0.5) is 0 Å². The molecule has 0 unspecified atom stereocenters. The van der Waals surface area contributed by atoms with E-state index < -0.39 is 0 Å². The number of imidazole rings is 1. The molecular formula is C20H24BrN3O. The lowest BCUT2D eigenvalue weighted by Gasteiger charge is -2.09. The van der Waals surface area contributed by atoms with Gasteiger partial charge in [0.15, 0.2) is 0 Å². The van der Waals surface area contributed by atoms with Gasteiger partial charge in [0.05, 0.1) is 11.4 Å². The summed E-state index contributed by atoms with van der Waals surface area (Å²) in [5.41, 5.74) is 3.98. The first-order chi connectivity index (χ1) is 12.0. The Bertz CT molecular complexity index is 857. The average Bonchev–Trinajstić information content (AvgIpc) is 2.93. The third-order valence-corrected chi connectivity index (χ3v) is 4.80.